The van der Waals surface area contributed by atoms with Crippen molar-refractivity contribution in [2.45, 2.75) is 12.8 Å². The van der Waals surface area contributed by atoms with Crippen LogP contribution in [0, 0.1) is 23.2 Å². The fraction of sp³-hybridized carbons (Fsp3) is 0.440. The molecule has 0 bridgehead atoms. The second-order valence-electron chi connectivity index (χ2n) is 9.73. The van der Waals surface area contributed by atoms with Crippen molar-refractivity contribution >= 4 is 55.9 Å². The van der Waals surface area contributed by atoms with E-state index in [1.54, 1.807) is 24.4 Å². The first-order chi connectivity index (χ1) is 18.2. The largest absolute Gasteiger partial charge is 0.355 e. The topological polar surface area (TPSA) is 120 Å². The van der Waals surface area contributed by atoms with Gasteiger partial charge in [-0.1, -0.05) is 29.8 Å². The van der Waals surface area contributed by atoms with Crippen molar-refractivity contribution in [3.05, 3.63) is 52.3 Å². The van der Waals surface area contributed by atoms with E-state index in [1.807, 2.05) is 0 Å². The van der Waals surface area contributed by atoms with Gasteiger partial charge in [-0.25, -0.2) is 27.8 Å². The minimum Gasteiger partial charge on any atom is -0.355 e. The van der Waals surface area contributed by atoms with Gasteiger partial charge >= 0.3 is 0 Å². The zero-order valence-corrected chi connectivity index (χ0v) is 23.3. The van der Waals surface area contributed by atoms with Crippen molar-refractivity contribution in [2.24, 2.45) is 11.8 Å². The van der Waals surface area contributed by atoms with E-state index >= 15 is 0 Å². The van der Waals surface area contributed by atoms with Crippen LogP contribution in [-0.4, -0.2) is 78.6 Å². The molecule has 5 rings (SSSR count). The van der Waals surface area contributed by atoms with Gasteiger partial charge in [0.1, 0.15) is 17.4 Å². The van der Waals surface area contributed by atoms with Crippen LogP contribution >= 0.6 is 23.2 Å². The Labute approximate surface area is 231 Å². The normalized spacial score (nSPS) is 18.9. The van der Waals surface area contributed by atoms with Gasteiger partial charge in [-0.3, -0.25) is 0 Å². The maximum Gasteiger partial charge on any atom is 0.212 e. The number of likely N-dealkylation sites (tertiary alicyclic amines) is 1. The third kappa shape index (κ3) is 5.37. The molecule has 0 aliphatic carbocycles. The predicted molar refractivity (Wildman–Crippen MR) is 149 cm³/mol. The smallest absolute Gasteiger partial charge is 0.212 e. The number of anilines is 1. The average molecular weight is 576 g/mol. The number of fused-ring (bicyclic) bond motifs is 1. The summed E-state index contributed by atoms with van der Waals surface area (Å²) in [6.07, 6.45) is 3.88. The molecule has 2 aliphatic heterocycles. The van der Waals surface area contributed by atoms with Gasteiger partial charge in [-0.05, 0) is 56.5 Å². The van der Waals surface area contributed by atoms with E-state index in [0.29, 0.717) is 56.7 Å². The summed E-state index contributed by atoms with van der Waals surface area (Å²) in [7, 11) is -1.75. The fourth-order valence-corrected chi connectivity index (χ4v) is 6.38. The highest BCUT2D eigenvalue weighted by molar-refractivity contribution is 7.89. The highest BCUT2D eigenvalue weighted by Crippen LogP contribution is 2.34. The summed E-state index contributed by atoms with van der Waals surface area (Å²) in [5.41, 5.74) is 2.10. The Morgan fingerprint density at radius 2 is 2.05 bits per heavy atom. The number of sulfonamides is 1. The number of piperidine rings is 1. The number of hydrogen-bond donors (Lipinski definition) is 1. The molecule has 2 saturated heterocycles. The third-order valence-corrected chi connectivity index (χ3v) is 9.29. The maximum absolute atomic E-state index is 11.8. The van der Waals surface area contributed by atoms with Crippen LogP contribution in [-0.2, 0) is 10.0 Å². The molecule has 0 saturated carbocycles. The molecule has 2 aromatic heterocycles. The van der Waals surface area contributed by atoms with Crippen LogP contribution in [0.15, 0.2) is 31.0 Å². The Hall–Kier alpha value is -2.75. The lowest BCUT2D eigenvalue weighted by Crippen LogP contribution is -2.54. The summed E-state index contributed by atoms with van der Waals surface area (Å²) in [6.45, 7) is 8.22. The van der Waals surface area contributed by atoms with E-state index in [4.69, 9.17) is 28.2 Å². The molecule has 3 aromatic rings. The minimum absolute atomic E-state index is 0.119. The van der Waals surface area contributed by atoms with E-state index in [0.717, 1.165) is 39.0 Å². The monoisotopic (exact) mass is 574 g/mol. The number of halogens is 2. The molecular formula is C25H28Cl2N8O2S. The number of hydrogen-bond acceptors (Lipinski definition) is 8. The second-order valence-corrected chi connectivity index (χ2v) is 12.6. The van der Waals surface area contributed by atoms with Crippen LogP contribution in [0.3, 0.4) is 0 Å². The fourth-order valence-electron chi connectivity index (χ4n) is 5.16. The molecule has 200 valence electrons. The number of nitriles is 1. The van der Waals surface area contributed by atoms with Gasteiger partial charge in [-0.15, -0.1) is 0 Å². The van der Waals surface area contributed by atoms with Crippen molar-refractivity contribution in [3.63, 3.8) is 0 Å². The molecule has 0 radical (unpaired) electrons. The lowest BCUT2D eigenvalue weighted by atomic mass is 9.80. The van der Waals surface area contributed by atoms with Crippen molar-refractivity contribution < 1.29 is 8.42 Å². The summed E-state index contributed by atoms with van der Waals surface area (Å²) in [6, 6.07) is 7.19. The van der Waals surface area contributed by atoms with Crippen LogP contribution in [0.2, 0.25) is 10.0 Å². The van der Waals surface area contributed by atoms with Gasteiger partial charge in [0.05, 0.1) is 22.7 Å². The van der Waals surface area contributed by atoms with E-state index in [2.05, 4.69) is 37.3 Å². The minimum atomic E-state index is -3.20. The van der Waals surface area contributed by atoms with Crippen molar-refractivity contribution in [3.8, 4) is 6.07 Å². The Balaban J connectivity index is 1.31. The molecule has 0 spiro atoms. The summed E-state index contributed by atoms with van der Waals surface area (Å²) in [5, 5.41) is 14.9. The van der Waals surface area contributed by atoms with E-state index in [-0.39, 0.29) is 11.4 Å². The molecule has 0 amide bonds. The Morgan fingerprint density at radius 1 is 1.26 bits per heavy atom. The highest BCUT2D eigenvalue weighted by atomic mass is 35.5. The van der Waals surface area contributed by atoms with Crippen LogP contribution in [0.25, 0.3) is 16.9 Å². The van der Waals surface area contributed by atoms with Gasteiger partial charge in [0, 0.05) is 36.8 Å². The van der Waals surface area contributed by atoms with Crippen LogP contribution in [0.1, 0.15) is 24.1 Å². The first-order valence-corrected chi connectivity index (χ1v) is 14.8. The third-order valence-electron chi connectivity index (χ3n) is 7.40. The molecule has 1 atom stereocenters. The average Bonchev–Trinajstić information content (AvgIpc) is 3.25. The number of rotatable bonds is 8. The highest BCUT2D eigenvalue weighted by Gasteiger charge is 2.37. The lowest BCUT2D eigenvalue weighted by molar-refractivity contribution is 0.125. The number of nitrogens with one attached hydrogen (secondary N) is 1. The maximum atomic E-state index is 11.8. The molecule has 1 N–H and O–H groups in total. The molecular weight excluding hydrogens is 547 g/mol. The van der Waals surface area contributed by atoms with Gasteiger partial charge < -0.3 is 9.80 Å². The van der Waals surface area contributed by atoms with Gasteiger partial charge in [0.25, 0.3) is 0 Å². The lowest BCUT2D eigenvalue weighted by Gasteiger charge is -2.47. The summed E-state index contributed by atoms with van der Waals surface area (Å²) < 4.78 is 27.5. The van der Waals surface area contributed by atoms with Crippen LogP contribution in [0.4, 0.5) is 5.82 Å². The van der Waals surface area contributed by atoms with E-state index < -0.39 is 10.0 Å². The van der Waals surface area contributed by atoms with E-state index in [9.17, 15) is 13.7 Å². The molecule has 2 aliphatic rings. The summed E-state index contributed by atoms with van der Waals surface area (Å²) in [5.74, 6) is 1.84. The summed E-state index contributed by atoms with van der Waals surface area (Å²) >= 11 is 12.4. The Bertz CT molecular complexity index is 1530. The van der Waals surface area contributed by atoms with Crippen LogP contribution in [0.5, 0.6) is 0 Å². The second kappa shape index (κ2) is 10.8. The zero-order chi connectivity index (χ0) is 27.0. The SMILES string of the molecule is C=C(c1ccc(Cl)cc1Cl)n1nc(C#N)c2ncc(N3CC([C@@H]4CCCN(CCS(=O)(=O)NC)C4)C3)nc21. The molecule has 1 aromatic carbocycles. The van der Waals surface area contributed by atoms with Gasteiger partial charge in [-0.2, -0.15) is 10.4 Å². The zero-order valence-electron chi connectivity index (χ0n) is 20.9. The van der Waals surface area contributed by atoms with Crippen LogP contribution < -0.4 is 9.62 Å². The van der Waals surface area contributed by atoms with Crippen molar-refractivity contribution in [1.82, 2.24) is 29.4 Å². The van der Waals surface area contributed by atoms with Gasteiger partial charge in [0.15, 0.2) is 11.3 Å². The van der Waals surface area contributed by atoms with Crippen molar-refractivity contribution in [2.75, 3.05) is 50.4 Å². The molecule has 10 nitrogen and oxygen atoms in total. The first-order valence-electron chi connectivity index (χ1n) is 12.4. The Kier molecular flexibility index (Phi) is 7.62. The molecule has 2 fully saturated rings. The van der Waals surface area contributed by atoms with E-state index in [1.165, 1.54) is 11.7 Å². The quantitative estimate of drug-likeness (QED) is 0.435. The summed E-state index contributed by atoms with van der Waals surface area (Å²) in [4.78, 5) is 13.8. The predicted octanol–water partition coefficient (Wildman–Crippen LogP) is 3.22. The first kappa shape index (κ1) is 26.8. The van der Waals surface area contributed by atoms with Gasteiger partial charge in [0.2, 0.25) is 10.0 Å². The number of aromatic nitrogens is 4. The number of benzene rings is 1. The molecule has 4 heterocycles. The number of nitrogens with zero attached hydrogens (tertiary/aromatic N) is 7. The molecule has 13 heteroatoms. The molecule has 38 heavy (non-hydrogen) atoms. The van der Waals surface area contributed by atoms with Crippen molar-refractivity contribution in [1.29, 1.82) is 5.26 Å². The molecule has 0 unspecified atom stereocenters. The Morgan fingerprint density at radius 3 is 2.76 bits per heavy atom. The standard InChI is InChI=1S/C25H28Cl2N8O2S/c1-16(20-6-5-19(26)10-21(20)27)35-25-24(22(11-28)32-35)30-12-23(31-25)34-14-18(15-34)17-4-3-7-33(13-17)8-9-38(36,37)29-2/h5-6,10,12,17-18,29H,1,3-4,7-9,13-15H2,2H3/t17-/m1/s1.